The molecule has 3 aromatic rings. The quantitative estimate of drug-likeness (QED) is 0.490. The zero-order valence-corrected chi connectivity index (χ0v) is 18.5. The van der Waals surface area contributed by atoms with Crippen molar-refractivity contribution in [1.82, 2.24) is 4.98 Å². The number of hydrogen-bond donors (Lipinski definition) is 1. The first-order chi connectivity index (χ1) is 14.9. The zero-order valence-electron chi connectivity index (χ0n) is 18.5. The fraction of sp³-hybridized carbons (Fsp3) is 0.333. The Morgan fingerprint density at radius 1 is 1.13 bits per heavy atom. The maximum Gasteiger partial charge on any atom is 0.336 e. The van der Waals surface area contributed by atoms with Gasteiger partial charge in [0.1, 0.15) is 0 Å². The Morgan fingerprint density at radius 2 is 1.87 bits per heavy atom. The van der Waals surface area contributed by atoms with Crippen LogP contribution in [0.15, 0.2) is 60.9 Å². The molecule has 1 atom stereocenters. The highest BCUT2D eigenvalue weighted by molar-refractivity contribution is 5.89. The van der Waals surface area contributed by atoms with E-state index >= 15 is 0 Å². The molecule has 4 nitrogen and oxygen atoms in total. The number of rotatable bonds is 7. The van der Waals surface area contributed by atoms with Crippen molar-refractivity contribution in [3.8, 4) is 0 Å². The number of fused-ring (bicyclic) bond motifs is 1. The Kier molecular flexibility index (Phi) is 6.08. The highest BCUT2D eigenvalue weighted by Crippen LogP contribution is 2.39. The minimum atomic E-state index is -0.877. The molecule has 1 aliphatic rings. The van der Waals surface area contributed by atoms with E-state index in [1.165, 1.54) is 28.1 Å². The van der Waals surface area contributed by atoms with E-state index < -0.39 is 5.97 Å². The third-order valence-corrected chi connectivity index (χ3v) is 6.56. The van der Waals surface area contributed by atoms with Crippen LogP contribution in [0, 0.1) is 0 Å². The van der Waals surface area contributed by atoms with Crippen LogP contribution < -0.4 is 4.90 Å². The molecule has 1 heterocycles. The maximum atomic E-state index is 11.5. The summed E-state index contributed by atoms with van der Waals surface area (Å²) in [4.78, 5) is 17.8. The van der Waals surface area contributed by atoms with Crippen LogP contribution in [0.25, 0.3) is 0 Å². The van der Waals surface area contributed by atoms with Gasteiger partial charge in [-0.2, -0.15) is 0 Å². The maximum absolute atomic E-state index is 11.5. The molecule has 0 fully saturated rings. The number of benzene rings is 2. The van der Waals surface area contributed by atoms with Gasteiger partial charge in [0.15, 0.2) is 0 Å². The number of carbonyl (C=O) groups is 1. The molecule has 0 bridgehead atoms. The third-order valence-electron chi connectivity index (χ3n) is 6.56. The Labute approximate surface area is 184 Å². The predicted molar refractivity (Wildman–Crippen MR) is 126 cm³/mol. The highest BCUT2D eigenvalue weighted by Gasteiger charge is 2.24. The summed E-state index contributed by atoms with van der Waals surface area (Å²) in [5.74, 6) is 0.134. The number of carboxylic acids is 1. The summed E-state index contributed by atoms with van der Waals surface area (Å²) in [5, 5.41) is 9.40. The van der Waals surface area contributed by atoms with Crippen molar-refractivity contribution in [2.45, 2.75) is 51.4 Å². The van der Waals surface area contributed by atoms with E-state index in [2.05, 4.69) is 73.2 Å². The number of anilines is 2. The van der Waals surface area contributed by atoms with Crippen LogP contribution in [0.5, 0.6) is 0 Å². The van der Waals surface area contributed by atoms with Crippen LogP contribution in [0.2, 0.25) is 0 Å². The van der Waals surface area contributed by atoms with E-state index in [0.29, 0.717) is 17.4 Å². The summed E-state index contributed by atoms with van der Waals surface area (Å²) in [6.45, 7) is 4.43. The average Bonchev–Trinajstić information content (AvgIpc) is 3.19. The van der Waals surface area contributed by atoms with Crippen LogP contribution >= 0.6 is 0 Å². The van der Waals surface area contributed by atoms with Gasteiger partial charge in [-0.1, -0.05) is 32.0 Å². The molecule has 0 amide bonds. The molecule has 0 radical (unpaired) electrons. The van der Waals surface area contributed by atoms with E-state index in [-0.39, 0.29) is 0 Å². The van der Waals surface area contributed by atoms with Gasteiger partial charge in [-0.3, -0.25) is 4.98 Å². The molecule has 0 saturated carbocycles. The summed E-state index contributed by atoms with van der Waals surface area (Å²) in [6.07, 6.45) is 7.13. The van der Waals surface area contributed by atoms with Crippen LogP contribution in [-0.4, -0.2) is 23.1 Å². The van der Waals surface area contributed by atoms with Crippen molar-refractivity contribution >= 4 is 17.3 Å². The van der Waals surface area contributed by atoms with Crippen molar-refractivity contribution in [3.05, 3.63) is 88.7 Å². The van der Waals surface area contributed by atoms with E-state index in [9.17, 15) is 9.90 Å². The lowest BCUT2D eigenvalue weighted by Gasteiger charge is -2.22. The minimum Gasteiger partial charge on any atom is -0.478 e. The molecule has 0 saturated heterocycles. The molecule has 1 aromatic heterocycles. The van der Waals surface area contributed by atoms with E-state index in [4.69, 9.17) is 0 Å². The number of aromatic nitrogens is 1. The fourth-order valence-electron chi connectivity index (χ4n) is 4.60. The number of pyridine rings is 1. The Balaban J connectivity index is 1.47. The average molecular weight is 415 g/mol. The highest BCUT2D eigenvalue weighted by atomic mass is 16.4. The smallest absolute Gasteiger partial charge is 0.336 e. The third kappa shape index (κ3) is 4.48. The number of aryl methyl sites for hydroxylation is 2. The molecule has 1 N–H and O–H groups in total. The SMILES string of the molecule is CC(C)c1ccc(N(C)c2ccc3c(c2)CC[C@H]3CCc2cnccc2C(=O)O)cc1. The second kappa shape index (κ2) is 8.93. The first-order valence-corrected chi connectivity index (χ1v) is 11.1. The van der Waals surface area contributed by atoms with Gasteiger partial charge in [0.25, 0.3) is 0 Å². The molecule has 2 aromatic carbocycles. The van der Waals surface area contributed by atoms with Gasteiger partial charge in [0, 0.05) is 30.8 Å². The number of nitrogens with zero attached hydrogens (tertiary/aromatic N) is 2. The predicted octanol–water partition coefficient (Wildman–Crippen LogP) is 6.33. The Morgan fingerprint density at radius 3 is 2.58 bits per heavy atom. The van der Waals surface area contributed by atoms with Crippen LogP contribution in [0.1, 0.15) is 71.1 Å². The summed E-state index contributed by atoms with van der Waals surface area (Å²) in [6, 6.07) is 17.2. The number of carboxylic acid groups (broad SMARTS) is 1. The molecule has 31 heavy (non-hydrogen) atoms. The number of hydrogen-bond acceptors (Lipinski definition) is 3. The van der Waals surface area contributed by atoms with E-state index in [0.717, 1.165) is 31.2 Å². The normalized spacial score (nSPS) is 15.2. The second-order valence-electron chi connectivity index (χ2n) is 8.80. The lowest BCUT2D eigenvalue weighted by molar-refractivity contribution is 0.0695. The van der Waals surface area contributed by atoms with Gasteiger partial charge in [-0.05, 0) is 90.1 Å². The molecule has 160 valence electrons. The Hall–Kier alpha value is -3.14. The van der Waals surface area contributed by atoms with Gasteiger partial charge in [-0.15, -0.1) is 0 Å². The second-order valence-corrected chi connectivity index (χ2v) is 8.80. The van der Waals surface area contributed by atoms with Crippen molar-refractivity contribution < 1.29 is 9.90 Å². The van der Waals surface area contributed by atoms with E-state index in [1.807, 2.05) is 0 Å². The standard InChI is InChI=1S/C27H30N2O2/c1-18(2)19-8-10-23(11-9-19)29(3)24-12-13-25-20(4-6-21(25)16-24)5-7-22-17-28-15-14-26(22)27(30)31/h8-18,20H,4-7H2,1-3H3,(H,30,31)/t20-/m0/s1. The monoisotopic (exact) mass is 414 g/mol. The van der Waals surface area contributed by atoms with Crippen molar-refractivity contribution in [2.24, 2.45) is 0 Å². The van der Waals surface area contributed by atoms with Crippen LogP contribution in [0.3, 0.4) is 0 Å². The summed E-state index contributed by atoms with van der Waals surface area (Å²) < 4.78 is 0. The molecule has 4 rings (SSSR count). The van der Waals surface area contributed by atoms with Gasteiger partial charge < -0.3 is 10.0 Å². The van der Waals surface area contributed by atoms with E-state index in [1.54, 1.807) is 18.5 Å². The topological polar surface area (TPSA) is 53.4 Å². The first kappa shape index (κ1) is 21.1. The number of aromatic carboxylic acids is 1. The first-order valence-electron chi connectivity index (χ1n) is 11.1. The van der Waals surface area contributed by atoms with Gasteiger partial charge in [-0.25, -0.2) is 4.79 Å². The molecule has 0 aliphatic heterocycles. The molecular weight excluding hydrogens is 384 g/mol. The van der Waals surface area contributed by atoms with Crippen molar-refractivity contribution in [2.75, 3.05) is 11.9 Å². The summed E-state index contributed by atoms with van der Waals surface area (Å²) >= 11 is 0. The lowest BCUT2D eigenvalue weighted by Crippen LogP contribution is -2.10. The van der Waals surface area contributed by atoms with Gasteiger partial charge in [0.2, 0.25) is 0 Å². The molecule has 0 spiro atoms. The van der Waals surface area contributed by atoms with Crippen LogP contribution in [-0.2, 0) is 12.8 Å². The summed E-state index contributed by atoms with van der Waals surface area (Å²) in [5.41, 5.74) is 7.77. The molecule has 1 aliphatic carbocycles. The van der Waals surface area contributed by atoms with Gasteiger partial charge >= 0.3 is 5.97 Å². The van der Waals surface area contributed by atoms with Crippen molar-refractivity contribution in [1.29, 1.82) is 0 Å². The Bertz CT molecular complexity index is 1070. The van der Waals surface area contributed by atoms with Crippen LogP contribution in [0.4, 0.5) is 11.4 Å². The lowest BCUT2D eigenvalue weighted by atomic mass is 9.93. The minimum absolute atomic E-state index is 0.369. The zero-order chi connectivity index (χ0) is 22.0. The largest absolute Gasteiger partial charge is 0.478 e. The molecule has 0 unspecified atom stereocenters. The molecule has 4 heteroatoms. The van der Waals surface area contributed by atoms with Gasteiger partial charge in [0.05, 0.1) is 5.56 Å². The van der Waals surface area contributed by atoms with Crippen molar-refractivity contribution in [3.63, 3.8) is 0 Å². The molecular formula is C27H30N2O2. The fourth-order valence-corrected chi connectivity index (χ4v) is 4.60. The summed E-state index contributed by atoms with van der Waals surface area (Å²) in [7, 11) is 2.12.